The van der Waals surface area contributed by atoms with Crippen LogP contribution in [0.2, 0.25) is 0 Å². The van der Waals surface area contributed by atoms with Crippen molar-refractivity contribution in [1.29, 1.82) is 0 Å². The van der Waals surface area contributed by atoms with Gasteiger partial charge in [-0.15, -0.1) is 0 Å². The topological polar surface area (TPSA) is 85.2 Å². The highest BCUT2D eigenvalue weighted by Gasteiger charge is 2.15. The highest BCUT2D eigenvalue weighted by molar-refractivity contribution is 7.98. The lowest BCUT2D eigenvalue weighted by Crippen LogP contribution is -2.35. The van der Waals surface area contributed by atoms with E-state index in [9.17, 15) is 9.59 Å². The highest BCUT2D eigenvalue weighted by atomic mass is 32.2. The molecule has 1 rings (SSSR count). The minimum Gasteiger partial charge on any atom is -0.444 e. The first-order valence-corrected chi connectivity index (χ1v) is 8.48. The number of nitrogens with zero attached hydrogens (tertiary/aromatic N) is 2. The van der Waals surface area contributed by atoms with Gasteiger partial charge in [0, 0.05) is 24.9 Å². The number of aromatic nitrogens is 2. The van der Waals surface area contributed by atoms with Gasteiger partial charge in [0.2, 0.25) is 0 Å². The summed E-state index contributed by atoms with van der Waals surface area (Å²) in [5, 5.41) is 9.76. The number of carbonyl (C=O) groups excluding carboxylic acids is 1. The number of amides is 1. The molecule has 124 valence electrons. The second kappa shape index (κ2) is 8.67. The summed E-state index contributed by atoms with van der Waals surface area (Å²) in [5.41, 5.74) is -0.0153. The van der Waals surface area contributed by atoms with Gasteiger partial charge in [-0.05, 0) is 27.0 Å². The first kappa shape index (κ1) is 18.3. The highest BCUT2D eigenvalue weighted by Crippen LogP contribution is 2.06. The molecular formula is C14H24N4O3S. The van der Waals surface area contributed by atoms with E-state index in [1.165, 1.54) is 10.7 Å². The monoisotopic (exact) mass is 328 g/mol. The zero-order valence-corrected chi connectivity index (χ0v) is 14.3. The summed E-state index contributed by atoms with van der Waals surface area (Å²) in [7, 11) is 0. The molecule has 0 atom stereocenters. The van der Waals surface area contributed by atoms with E-state index in [2.05, 4.69) is 15.7 Å². The Morgan fingerprint density at radius 2 is 2.14 bits per heavy atom. The lowest BCUT2D eigenvalue weighted by atomic mass is 10.2. The number of hydrogen-bond acceptors (Lipinski definition) is 6. The van der Waals surface area contributed by atoms with Gasteiger partial charge in [-0.1, -0.05) is 0 Å². The van der Waals surface area contributed by atoms with Crippen LogP contribution in [-0.2, 0) is 11.3 Å². The number of alkyl carbamates (subject to hydrolysis) is 1. The Kier molecular flexibility index (Phi) is 7.23. The van der Waals surface area contributed by atoms with Gasteiger partial charge in [0.1, 0.15) is 5.60 Å². The van der Waals surface area contributed by atoms with Crippen molar-refractivity contribution in [1.82, 2.24) is 15.1 Å². The van der Waals surface area contributed by atoms with Crippen molar-refractivity contribution >= 4 is 23.5 Å². The quantitative estimate of drug-likeness (QED) is 0.739. The Balaban J connectivity index is 2.35. The number of nitrogens with one attached hydrogen (secondary N) is 2. The van der Waals surface area contributed by atoms with Crippen LogP contribution in [0.1, 0.15) is 20.8 Å². The maximum Gasteiger partial charge on any atom is 0.407 e. The Labute approximate surface area is 134 Å². The van der Waals surface area contributed by atoms with Crippen LogP contribution in [-0.4, -0.2) is 46.6 Å². The van der Waals surface area contributed by atoms with Gasteiger partial charge in [0.15, 0.2) is 0 Å². The molecule has 8 heteroatoms. The van der Waals surface area contributed by atoms with E-state index < -0.39 is 11.7 Å². The predicted octanol–water partition coefficient (Wildman–Crippen LogP) is 1.54. The molecule has 2 N–H and O–H groups in total. The molecule has 0 saturated carbocycles. The third kappa shape index (κ3) is 7.35. The Morgan fingerprint density at radius 1 is 1.41 bits per heavy atom. The van der Waals surface area contributed by atoms with E-state index in [0.717, 1.165) is 5.75 Å². The van der Waals surface area contributed by atoms with Crippen LogP contribution in [0.25, 0.3) is 0 Å². The van der Waals surface area contributed by atoms with E-state index >= 15 is 0 Å². The maximum atomic E-state index is 11.8. The smallest absolute Gasteiger partial charge is 0.407 e. The Morgan fingerprint density at radius 3 is 2.73 bits per heavy atom. The molecule has 1 aromatic rings. The molecule has 0 aromatic carbocycles. The average Bonchev–Trinajstić information content (AvgIpc) is 2.41. The van der Waals surface area contributed by atoms with E-state index in [1.807, 2.05) is 27.0 Å². The number of carbonyl (C=O) groups is 1. The van der Waals surface area contributed by atoms with Gasteiger partial charge in [-0.3, -0.25) is 4.79 Å². The van der Waals surface area contributed by atoms with Crippen LogP contribution in [0.4, 0.5) is 10.5 Å². The maximum absolute atomic E-state index is 11.8. The number of hydrogen-bond donors (Lipinski definition) is 2. The molecule has 0 aliphatic heterocycles. The van der Waals surface area contributed by atoms with Crippen LogP contribution in [0.15, 0.2) is 17.1 Å². The molecule has 0 fully saturated rings. The first-order chi connectivity index (χ1) is 10.3. The van der Waals surface area contributed by atoms with Crippen molar-refractivity contribution in [2.24, 2.45) is 0 Å². The molecule has 0 aliphatic carbocycles. The molecule has 0 spiro atoms. The molecular weight excluding hydrogens is 304 g/mol. The van der Waals surface area contributed by atoms with E-state index in [-0.39, 0.29) is 5.56 Å². The van der Waals surface area contributed by atoms with Crippen molar-refractivity contribution in [2.45, 2.75) is 32.9 Å². The molecule has 1 amide bonds. The molecule has 1 heterocycles. The SMILES string of the molecule is CSCCn1ncc(NCCNC(=O)OC(C)(C)C)cc1=O. The average molecular weight is 328 g/mol. The van der Waals surface area contributed by atoms with Crippen LogP contribution in [0.3, 0.4) is 0 Å². The predicted molar refractivity (Wildman–Crippen MR) is 89.6 cm³/mol. The molecule has 0 unspecified atom stereocenters. The summed E-state index contributed by atoms with van der Waals surface area (Å²) in [6, 6.07) is 1.50. The fourth-order valence-electron chi connectivity index (χ4n) is 1.56. The second-order valence-electron chi connectivity index (χ2n) is 5.65. The lowest BCUT2D eigenvalue weighted by Gasteiger charge is -2.19. The van der Waals surface area contributed by atoms with Crippen LogP contribution >= 0.6 is 11.8 Å². The van der Waals surface area contributed by atoms with E-state index in [4.69, 9.17) is 4.74 Å². The number of thioether (sulfide) groups is 1. The minimum atomic E-state index is -0.511. The molecule has 1 aromatic heterocycles. The van der Waals surface area contributed by atoms with Gasteiger partial charge in [-0.25, -0.2) is 9.48 Å². The standard InChI is InChI=1S/C14H24N4O3S/c1-14(2,3)21-13(20)16-6-5-15-11-9-12(19)18(17-10-11)7-8-22-4/h9-10,15H,5-8H2,1-4H3,(H,16,20). The summed E-state index contributed by atoms with van der Waals surface area (Å²) in [5.74, 6) is 0.847. The third-order valence-electron chi connectivity index (χ3n) is 2.50. The number of ether oxygens (including phenoxy) is 1. The summed E-state index contributed by atoms with van der Waals surface area (Å²) < 4.78 is 6.55. The second-order valence-corrected chi connectivity index (χ2v) is 6.64. The largest absolute Gasteiger partial charge is 0.444 e. The normalized spacial score (nSPS) is 11.1. The lowest BCUT2D eigenvalue weighted by molar-refractivity contribution is 0.0530. The molecule has 0 saturated heterocycles. The van der Waals surface area contributed by atoms with Gasteiger partial charge >= 0.3 is 6.09 Å². The van der Waals surface area contributed by atoms with Gasteiger partial charge in [-0.2, -0.15) is 16.9 Å². The zero-order valence-electron chi connectivity index (χ0n) is 13.5. The molecule has 22 heavy (non-hydrogen) atoms. The van der Waals surface area contributed by atoms with E-state index in [1.54, 1.807) is 18.0 Å². The van der Waals surface area contributed by atoms with Crippen molar-refractivity contribution in [3.8, 4) is 0 Å². The van der Waals surface area contributed by atoms with Crippen LogP contribution < -0.4 is 16.2 Å². The van der Waals surface area contributed by atoms with Crippen LogP contribution in [0.5, 0.6) is 0 Å². The van der Waals surface area contributed by atoms with E-state index in [0.29, 0.717) is 25.3 Å². The third-order valence-corrected chi connectivity index (χ3v) is 3.09. The summed E-state index contributed by atoms with van der Waals surface area (Å²) in [6.45, 7) is 6.90. The van der Waals surface area contributed by atoms with Crippen molar-refractivity contribution in [2.75, 3.05) is 30.4 Å². The minimum absolute atomic E-state index is 0.140. The number of aryl methyl sites for hydroxylation is 1. The van der Waals surface area contributed by atoms with Gasteiger partial charge in [0.25, 0.3) is 5.56 Å². The fraction of sp³-hybridized carbons (Fsp3) is 0.643. The van der Waals surface area contributed by atoms with Crippen LogP contribution in [0, 0.1) is 0 Å². The fourth-order valence-corrected chi connectivity index (χ4v) is 1.92. The van der Waals surface area contributed by atoms with Crippen molar-refractivity contribution in [3.05, 3.63) is 22.6 Å². The summed E-state index contributed by atoms with van der Waals surface area (Å²) in [6.07, 6.45) is 3.13. The Bertz CT molecular complexity index is 540. The summed E-state index contributed by atoms with van der Waals surface area (Å²) >= 11 is 1.67. The first-order valence-electron chi connectivity index (χ1n) is 7.08. The van der Waals surface area contributed by atoms with Gasteiger partial charge in [0.05, 0.1) is 18.4 Å². The molecule has 0 bridgehead atoms. The van der Waals surface area contributed by atoms with Gasteiger partial charge < -0.3 is 15.4 Å². The van der Waals surface area contributed by atoms with Crippen molar-refractivity contribution < 1.29 is 9.53 Å². The number of anilines is 1. The number of rotatable bonds is 7. The molecule has 7 nitrogen and oxygen atoms in total. The molecule has 0 aliphatic rings. The molecule has 0 radical (unpaired) electrons. The summed E-state index contributed by atoms with van der Waals surface area (Å²) in [4.78, 5) is 23.2. The van der Waals surface area contributed by atoms with Crippen molar-refractivity contribution in [3.63, 3.8) is 0 Å². The zero-order chi connectivity index (χ0) is 16.6. The Hall–Kier alpha value is -1.70.